The van der Waals surface area contributed by atoms with Crippen molar-refractivity contribution in [2.75, 3.05) is 4.90 Å². The molecule has 0 atom stereocenters. The van der Waals surface area contributed by atoms with Crippen molar-refractivity contribution in [2.45, 2.75) is 52.7 Å². The molecule has 11 heteroatoms. The lowest BCUT2D eigenvalue weighted by Crippen LogP contribution is -2.44. The highest BCUT2D eigenvalue weighted by Gasteiger charge is 2.35. The van der Waals surface area contributed by atoms with Crippen LogP contribution < -0.4 is 4.90 Å². The van der Waals surface area contributed by atoms with Crippen molar-refractivity contribution in [1.82, 2.24) is 19.6 Å². The van der Waals surface area contributed by atoms with Gasteiger partial charge in [-0.05, 0) is 65.8 Å². The van der Waals surface area contributed by atoms with Crippen molar-refractivity contribution < 1.29 is 29.0 Å². The van der Waals surface area contributed by atoms with E-state index in [-0.39, 0.29) is 11.5 Å². The van der Waals surface area contributed by atoms with Gasteiger partial charge in [-0.25, -0.2) is 18.9 Å². The molecular weight excluding hydrogens is 430 g/mol. The van der Waals surface area contributed by atoms with Gasteiger partial charge >= 0.3 is 18.2 Å². The molecule has 0 aliphatic heterocycles. The Labute approximate surface area is 190 Å². The molecule has 0 aliphatic carbocycles. The summed E-state index contributed by atoms with van der Waals surface area (Å²) in [7, 11) is 0. The van der Waals surface area contributed by atoms with E-state index >= 15 is 0 Å². The molecule has 0 aromatic carbocycles. The summed E-state index contributed by atoms with van der Waals surface area (Å²) in [6.07, 6.45) is 0.983. The second-order valence-corrected chi connectivity index (χ2v) is 9.16. The number of pyridine rings is 2. The summed E-state index contributed by atoms with van der Waals surface area (Å²) in [6, 6.07) is 6.08. The molecule has 3 heterocycles. The Balaban J connectivity index is 2.03. The van der Waals surface area contributed by atoms with Gasteiger partial charge in [-0.1, -0.05) is 0 Å². The van der Waals surface area contributed by atoms with E-state index in [0.717, 1.165) is 0 Å². The minimum Gasteiger partial charge on any atom is -0.478 e. The maximum atomic E-state index is 12.8. The quantitative estimate of drug-likeness (QED) is 0.617. The predicted octanol–water partition coefficient (Wildman–Crippen LogP) is 4.17. The standard InChI is InChI=1S/C22H25N5O6/c1-21(2,3)32-19(30)27(20(31)33-22(4,5)6)18-24-16-12-13(8-10-26(16)25-18)15-11-14(17(28)29)7-9-23-15/h7-12H,1-6H3,(H,28,29). The van der Waals surface area contributed by atoms with Crippen LogP contribution in [-0.2, 0) is 9.47 Å². The molecule has 3 aromatic rings. The van der Waals surface area contributed by atoms with Crippen molar-refractivity contribution in [1.29, 1.82) is 0 Å². The van der Waals surface area contributed by atoms with Gasteiger partial charge in [0.25, 0.3) is 5.95 Å². The van der Waals surface area contributed by atoms with E-state index in [0.29, 0.717) is 21.8 Å². The number of hydrogen-bond acceptors (Lipinski definition) is 8. The van der Waals surface area contributed by atoms with Crippen LogP contribution in [0.3, 0.4) is 0 Å². The number of imide groups is 1. The van der Waals surface area contributed by atoms with Crippen molar-refractivity contribution in [3.05, 3.63) is 42.2 Å². The Kier molecular flexibility index (Phi) is 6.08. The van der Waals surface area contributed by atoms with E-state index < -0.39 is 29.4 Å². The number of carbonyl (C=O) groups excluding carboxylic acids is 2. The molecular formula is C22H25N5O6. The fourth-order valence-corrected chi connectivity index (χ4v) is 2.70. The van der Waals surface area contributed by atoms with Crippen molar-refractivity contribution in [2.24, 2.45) is 0 Å². The van der Waals surface area contributed by atoms with Crippen LogP contribution in [0.25, 0.3) is 16.9 Å². The molecule has 0 unspecified atom stereocenters. The van der Waals surface area contributed by atoms with Gasteiger partial charge in [0.05, 0.1) is 11.3 Å². The summed E-state index contributed by atoms with van der Waals surface area (Å²) in [4.78, 5) is 46.0. The lowest BCUT2D eigenvalue weighted by molar-refractivity contribution is 0.0426. The van der Waals surface area contributed by atoms with E-state index in [1.54, 1.807) is 59.9 Å². The maximum Gasteiger partial charge on any atom is 0.427 e. The number of aromatic carboxylic acids is 1. The predicted molar refractivity (Wildman–Crippen MR) is 118 cm³/mol. The summed E-state index contributed by atoms with van der Waals surface area (Å²) in [5, 5.41) is 13.4. The van der Waals surface area contributed by atoms with Gasteiger partial charge in [0.15, 0.2) is 5.65 Å². The first-order valence-electron chi connectivity index (χ1n) is 10.1. The Morgan fingerprint density at radius 1 is 0.970 bits per heavy atom. The summed E-state index contributed by atoms with van der Waals surface area (Å²) < 4.78 is 12.1. The summed E-state index contributed by atoms with van der Waals surface area (Å²) >= 11 is 0. The summed E-state index contributed by atoms with van der Waals surface area (Å²) in [5.74, 6) is -1.31. The average Bonchev–Trinajstić information content (AvgIpc) is 3.07. The van der Waals surface area contributed by atoms with Gasteiger partial charge in [0.2, 0.25) is 0 Å². The minimum absolute atomic E-state index is 0.0862. The Bertz CT molecular complexity index is 1190. The third-order valence-electron chi connectivity index (χ3n) is 3.98. The second kappa shape index (κ2) is 8.49. The highest BCUT2D eigenvalue weighted by molar-refractivity contribution is 6.08. The number of aromatic nitrogens is 4. The Morgan fingerprint density at radius 3 is 2.12 bits per heavy atom. The van der Waals surface area contributed by atoms with Crippen molar-refractivity contribution in [3.8, 4) is 11.3 Å². The van der Waals surface area contributed by atoms with Gasteiger partial charge < -0.3 is 14.6 Å². The number of carbonyl (C=O) groups is 3. The van der Waals surface area contributed by atoms with E-state index in [2.05, 4.69) is 15.1 Å². The Morgan fingerprint density at radius 2 is 1.58 bits per heavy atom. The van der Waals surface area contributed by atoms with E-state index in [9.17, 15) is 19.5 Å². The van der Waals surface area contributed by atoms with E-state index in [1.807, 2.05) is 0 Å². The van der Waals surface area contributed by atoms with Crippen LogP contribution in [-0.4, -0.2) is 54.0 Å². The SMILES string of the molecule is CC(C)(C)OC(=O)N(C(=O)OC(C)(C)C)c1nc2cc(-c3cc(C(=O)O)ccn3)ccn2n1. The van der Waals surface area contributed by atoms with Gasteiger partial charge in [0, 0.05) is 18.0 Å². The normalized spacial score (nSPS) is 11.8. The lowest BCUT2D eigenvalue weighted by atomic mass is 10.1. The third-order valence-corrected chi connectivity index (χ3v) is 3.98. The fraction of sp³-hybridized carbons (Fsp3) is 0.364. The van der Waals surface area contributed by atoms with Crippen LogP contribution in [0.1, 0.15) is 51.9 Å². The molecule has 0 bridgehead atoms. The van der Waals surface area contributed by atoms with Gasteiger partial charge in [-0.15, -0.1) is 10.00 Å². The third kappa shape index (κ3) is 5.82. The summed E-state index contributed by atoms with van der Waals surface area (Å²) in [5.41, 5.74) is -0.372. The van der Waals surface area contributed by atoms with Crippen molar-refractivity contribution in [3.63, 3.8) is 0 Å². The van der Waals surface area contributed by atoms with Crippen LogP contribution in [0, 0.1) is 0 Å². The van der Waals surface area contributed by atoms with E-state index in [4.69, 9.17) is 9.47 Å². The number of fused-ring (bicyclic) bond motifs is 1. The van der Waals surface area contributed by atoms with Gasteiger partial charge in [-0.3, -0.25) is 4.98 Å². The van der Waals surface area contributed by atoms with Gasteiger partial charge in [-0.2, -0.15) is 4.98 Å². The first-order valence-corrected chi connectivity index (χ1v) is 10.1. The molecule has 0 aliphatic rings. The zero-order valence-electron chi connectivity index (χ0n) is 19.2. The van der Waals surface area contributed by atoms with Crippen LogP contribution in [0.5, 0.6) is 0 Å². The van der Waals surface area contributed by atoms with Crippen LogP contribution in [0.2, 0.25) is 0 Å². The van der Waals surface area contributed by atoms with Crippen LogP contribution in [0.15, 0.2) is 36.7 Å². The first-order chi connectivity index (χ1) is 15.2. The van der Waals surface area contributed by atoms with Crippen molar-refractivity contribution >= 4 is 29.8 Å². The molecule has 0 radical (unpaired) electrons. The number of carboxylic acid groups (broad SMARTS) is 1. The fourth-order valence-electron chi connectivity index (χ4n) is 2.70. The zero-order valence-corrected chi connectivity index (χ0v) is 19.2. The average molecular weight is 455 g/mol. The highest BCUT2D eigenvalue weighted by atomic mass is 16.6. The topological polar surface area (TPSA) is 136 Å². The monoisotopic (exact) mass is 455 g/mol. The van der Waals surface area contributed by atoms with Gasteiger partial charge in [0.1, 0.15) is 11.2 Å². The number of nitrogens with zero attached hydrogens (tertiary/aromatic N) is 5. The molecule has 3 aromatic heterocycles. The smallest absolute Gasteiger partial charge is 0.427 e. The molecule has 0 saturated heterocycles. The number of ether oxygens (including phenoxy) is 2. The maximum absolute atomic E-state index is 12.8. The van der Waals surface area contributed by atoms with Crippen LogP contribution >= 0.6 is 0 Å². The van der Waals surface area contributed by atoms with Crippen LogP contribution in [0.4, 0.5) is 15.5 Å². The molecule has 1 N–H and O–H groups in total. The highest BCUT2D eigenvalue weighted by Crippen LogP contribution is 2.23. The Hall–Kier alpha value is -4.02. The number of amides is 2. The molecule has 11 nitrogen and oxygen atoms in total. The molecule has 0 fully saturated rings. The first kappa shape index (κ1) is 23.6. The van der Waals surface area contributed by atoms with E-state index in [1.165, 1.54) is 22.8 Å². The lowest BCUT2D eigenvalue weighted by Gasteiger charge is -2.26. The minimum atomic E-state index is -1.07. The number of hydrogen-bond donors (Lipinski definition) is 1. The summed E-state index contributed by atoms with van der Waals surface area (Å²) in [6.45, 7) is 10.00. The molecule has 33 heavy (non-hydrogen) atoms. The molecule has 2 amide bonds. The zero-order chi connectivity index (χ0) is 24.6. The molecule has 3 rings (SSSR count). The largest absolute Gasteiger partial charge is 0.478 e. The second-order valence-electron chi connectivity index (χ2n) is 9.16. The number of carboxylic acids is 1. The molecule has 174 valence electrons. The number of rotatable bonds is 3. The molecule has 0 saturated carbocycles. The molecule has 0 spiro atoms. The number of anilines is 1.